The first kappa shape index (κ1) is 14.9. The number of nitrogens with zero attached hydrogens (tertiary/aromatic N) is 1. The average molecular weight is 228 g/mol. The van der Waals surface area contributed by atoms with Gasteiger partial charge >= 0.3 is 0 Å². The van der Waals surface area contributed by atoms with Gasteiger partial charge in [0.15, 0.2) is 0 Å². The third kappa shape index (κ3) is 5.73. The first-order chi connectivity index (χ1) is 7.29. The van der Waals surface area contributed by atoms with E-state index in [1.54, 1.807) is 11.8 Å². The highest BCUT2D eigenvalue weighted by Gasteiger charge is 2.20. The Labute approximate surface area is 98.4 Å². The van der Waals surface area contributed by atoms with Crippen molar-refractivity contribution in [2.75, 3.05) is 19.6 Å². The predicted molar refractivity (Wildman–Crippen MR) is 65.0 cm³/mol. The summed E-state index contributed by atoms with van der Waals surface area (Å²) < 4.78 is 0. The molecule has 0 saturated heterocycles. The Morgan fingerprint density at radius 1 is 1.19 bits per heavy atom. The molecule has 0 radical (unpaired) electrons. The molecule has 0 unspecified atom stereocenters. The van der Waals surface area contributed by atoms with Gasteiger partial charge in [0.2, 0.25) is 11.8 Å². The van der Waals surface area contributed by atoms with Gasteiger partial charge in [-0.3, -0.25) is 9.59 Å². The lowest BCUT2D eigenvalue weighted by Gasteiger charge is -2.22. The van der Waals surface area contributed by atoms with Crippen LogP contribution < -0.4 is 5.32 Å². The highest BCUT2D eigenvalue weighted by atomic mass is 16.2. The van der Waals surface area contributed by atoms with Gasteiger partial charge in [0.05, 0.1) is 0 Å². The monoisotopic (exact) mass is 228 g/mol. The average Bonchev–Trinajstić information content (AvgIpc) is 2.14. The fourth-order valence-electron chi connectivity index (χ4n) is 1.27. The van der Waals surface area contributed by atoms with Gasteiger partial charge in [-0.25, -0.2) is 0 Å². The summed E-state index contributed by atoms with van der Waals surface area (Å²) in [5.74, 6) is 0.0827. The van der Waals surface area contributed by atoms with E-state index < -0.39 is 0 Å². The maximum absolute atomic E-state index is 11.6. The molecule has 0 fully saturated rings. The molecule has 0 aromatic carbocycles. The molecule has 0 rings (SSSR count). The van der Waals surface area contributed by atoms with Gasteiger partial charge < -0.3 is 10.2 Å². The van der Waals surface area contributed by atoms with Gasteiger partial charge in [-0.1, -0.05) is 27.7 Å². The molecule has 0 atom stereocenters. The highest BCUT2D eigenvalue weighted by molar-refractivity contribution is 5.81. The zero-order valence-electron chi connectivity index (χ0n) is 11.1. The molecule has 2 amide bonds. The summed E-state index contributed by atoms with van der Waals surface area (Å²) >= 11 is 0. The second-order valence-electron chi connectivity index (χ2n) is 5.01. The van der Waals surface area contributed by atoms with Crippen LogP contribution in [0.3, 0.4) is 0 Å². The van der Waals surface area contributed by atoms with Gasteiger partial charge in [0.1, 0.15) is 0 Å². The number of amides is 2. The maximum atomic E-state index is 11.6. The maximum Gasteiger partial charge on any atom is 0.225 e. The van der Waals surface area contributed by atoms with Crippen LogP contribution in [0.25, 0.3) is 0 Å². The third-order valence-corrected chi connectivity index (χ3v) is 2.29. The van der Waals surface area contributed by atoms with Crippen LogP contribution >= 0.6 is 0 Å². The molecule has 1 N–H and O–H groups in total. The minimum Gasteiger partial charge on any atom is -0.354 e. The van der Waals surface area contributed by atoms with Crippen LogP contribution in [0.1, 0.15) is 41.0 Å². The predicted octanol–water partition coefficient (Wildman–Crippen LogP) is 1.41. The molecule has 16 heavy (non-hydrogen) atoms. The van der Waals surface area contributed by atoms with E-state index in [0.29, 0.717) is 13.1 Å². The van der Waals surface area contributed by atoms with Crippen molar-refractivity contribution in [3.63, 3.8) is 0 Å². The quantitative estimate of drug-likeness (QED) is 0.773. The van der Waals surface area contributed by atoms with Crippen LogP contribution in [0.15, 0.2) is 0 Å². The van der Waals surface area contributed by atoms with E-state index in [2.05, 4.69) is 5.32 Å². The molecule has 0 aliphatic heterocycles. The molecule has 94 valence electrons. The number of rotatable bonds is 5. The summed E-state index contributed by atoms with van der Waals surface area (Å²) in [5.41, 5.74) is -0.369. The summed E-state index contributed by atoms with van der Waals surface area (Å²) in [6, 6.07) is 0. The van der Waals surface area contributed by atoms with Crippen LogP contribution in [0.5, 0.6) is 0 Å². The van der Waals surface area contributed by atoms with Crippen LogP contribution in [-0.2, 0) is 9.59 Å². The van der Waals surface area contributed by atoms with E-state index in [4.69, 9.17) is 0 Å². The molecular formula is C12H24N2O2. The fraction of sp³-hybridized carbons (Fsp3) is 0.833. The molecule has 0 aromatic rings. The Balaban J connectivity index is 3.96. The largest absolute Gasteiger partial charge is 0.354 e. The number of carbonyl (C=O) groups is 2. The van der Waals surface area contributed by atoms with Gasteiger partial charge in [-0.2, -0.15) is 0 Å². The van der Waals surface area contributed by atoms with Crippen LogP contribution in [0, 0.1) is 5.41 Å². The number of hydrogen-bond donors (Lipinski definition) is 1. The molecule has 0 heterocycles. The standard InChI is InChI=1S/C12H24N2O2/c1-6-8-14(10(2)15)9-7-13-11(16)12(3,4)5/h6-9H2,1-5H3,(H,13,16). The molecular weight excluding hydrogens is 204 g/mol. The summed E-state index contributed by atoms with van der Waals surface area (Å²) in [6.45, 7) is 11.1. The molecule has 0 bridgehead atoms. The van der Waals surface area contributed by atoms with Crippen LogP contribution in [0.4, 0.5) is 0 Å². The topological polar surface area (TPSA) is 49.4 Å². The summed E-state index contributed by atoms with van der Waals surface area (Å²) in [6.07, 6.45) is 0.937. The van der Waals surface area contributed by atoms with Crippen LogP contribution in [-0.4, -0.2) is 36.3 Å². The van der Waals surface area contributed by atoms with Crippen molar-refractivity contribution in [2.45, 2.75) is 41.0 Å². The molecule has 0 spiro atoms. The van der Waals surface area contributed by atoms with Crippen molar-refractivity contribution in [1.29, 1.82) is 0 Å². The Kier molecular flexibility index (Phi) is 6.08. The van der Waals surface area contributed by atoms with E-state index in [0.717, 1.165) is 13.0 Å². The Bertz CT molecular complexity index is 244. The summed E-state index contributed by atoms with van der Waals surface area (Å²) in [4.78, 5) is 24.5. The summed E-state index contributed by atoms with van der Waals surface area (Å²) in [5, 5.41) is 2.83. The zero-order chi connectivity index (χ0) is 12.8. The lowest BCUT2D eigenvalue weighted by atomic mass is 9.96. The van der Waals surface area contributed by atoms with E-state index in [-0.39, 0.29) is 17.2 Å². The molecule has 0 aliphatic carbocycles. The second kappa shape index (κ2) is 6.51. The van der Waals surface area contributed by atoms with Gasteiger partial charge in [-0.05, 0) is 6.42 Å². The number of hydrogen-bond acceptors (Lipinski definition) is 2. The molecule has 0 saturated carbocycles. The SMILES string of the molecule is CCCN(CCNC(=O)C(C)(C)C)C(C)=O. The second-order valence-corrected chi connectivity index (χ2v) is 5.01. The van der Waals surface area contributed by atoms with E-state index in [1.807, 2.05) is 27.7 Å². The van der Waals surface area contributed by atoms with Crippen molar-refractivity contribution in [3.05, 3.63) is 0 Å². The first-order valence-corrected chi connectivity index (χ1v) is 5.82. The van der Waals surface area contributed by atoms with Crippen molar-refractivity contribution in [2.24, 2.45) is 5.41 Å². The van der Waals surface area contributed by atoms with Gasteiger partial charge in [0.25, 0.3) is 0 Å². The lowest BCUT2D eigenvalue weighted by molar-refractivity contribution is -0.131. The number of carbonyl (C=O) groups excluding carboxylic acids is 2. The van der Waals surface area contributed by atoms with Crippen LogP contribution in [0.2, 0.25) is 0 Å². The summed E-state index contributed by atoms with van der Waals surface area (Å²) in [7, 11) is 0. The Hall–Kier alpha value is -1.06. The third-order valence-electron chi connectivity index (χ3n) is 2.29. The first-order valence-electron chi connectivity index (χ1n) is 5.82. The van der Waals surface area contributed by atoms with E-state index in [9.17, 15) is 9.59 Å². The molecule has 0 aliphatic rings. The Morgan fingerprint density at radius 2 is 1.75 bits per heavy atom. The van der Waals surface area contributed by atoms with Crippen molar-refractivity contribution in [3.8, 4) is 0 Å². The number of nitrogens with one attached hydrogen (secondary N) is 1. The van der Waals surface area contributed by atoms with Crippen molar-refractivity contribution < 1.29 is 9.59 Å². The van der Waals surface area contributed by atoms with Crippen molar-refractivity contribution >= 4 is 11.8 Å². The van der Waals surface area contributed by atoms with E-state index in [1.165, 1.54) is 0 Å². The smallest absolute Gasteiger partial charge is 0.225 e. The molecule has 4 heteroatoms. The van der Waals surface area contributed by atoms with Gasteiger partial charge in [-0.15, -0.1) is 0 Å². The Morgan fingerprint density at radius 3 is 2.12 bits per heavy atom. The minimum atomic E-state index is -0.369. The van der Waals surface area contributed by atoms with E-state index >= 15 is 0 Å². The highest BCUT2D eigenvalue weighted by Crippen LogP contribution is 2.11. The minimum absolute atomic E-state index is 0.0208. The molecule has 4 nitrogen and oxygen atoms in total. The normalized spacial score (nSPS) is 11.1. The zero-order valence-corrected chi connectivity index (χ0v) is 11.1. The fourth-order valence-corrected chi connectivity index (χ4v) is 1.27. The lowest BCUT2D eigenvalue weighted by Crippen LogP contribution is -2.41. The molecule has 0 aromatic heterocycles. The van der Waals surface area contributed by atoms with Crippen molar-refractivity contribution in [1.82, 2.24) is 10.2 Å². The van der Waals surface area contributed by atoms with Gasteiger partial charge in [0, 0.05) is 32.0 Å².